The largest absolute Gasteiger partial charge is 0.397 e. The van der Waals surface area contributed by atoms with Crippen molar-refractivity contribution in [1.82, 2.24) is 14.7 Å². The van der Waals surface area contributed by atoms with Crippen LogP contribution in [0.2, 0.25) is 0 Å². The van der Waals surface area contributed by atoms with Crippen molar-refractivity contribution in [3.63, 3.8) is 0 Å². The second-order valence-electron chi connectivity index (χ2n) is 5.46. The number of carbonyl (C=O) groups is 1. The highest BCUT2D eigenvalue weighted by Crippen LogP contribution is 2.36. The van der Waals surface area contributed by atoms with E-state index in [1.54, 1.807) is 11.8 Å². The van der Waals surface area contributed by atoms with Crippen molar-refractivity contribution in [3.8, 4) is 0 Å². The molecule has 21 heavy (non-hydrogen) atoms. The summed E-state index contributed by atoms with van der Waals surface area (Å²) in [4.78, 5) is 16.2. The van der Waals surface area contributed by atoms with E-state index in [4.69, 9.17) is 10.5 Å². The number of nitrogen functional groups attached to an aromatic ring is 1. The molecule has 0 radical (unpaired) electrons. The Balaban J connectivity index is 1.89. The number of hydrogen-bond donors (Lipinski definition) is 1. The van der Waals surface area contributed by atoms with Gasteiger partial charge in [0.05, 0.1) is 22.9 Å². The minimum absolute atomic E-state index is 0.0302. The van der Waals surface area contributed by atoms with Gasteiger partial charge in [-0.05, 0) is 19.8 Å². The normalized spacial score (nSPS) is 16.8. The van der Waals surface area contributed by atoms with Crippen molar-refractivity contribution in [3.05, 3.63) is 10.6 Å². The first-order chi connectivity index (χ1) is 10.0. The Kier molecular flexibility index (Phi) is 3.62. The highest BCUT2D eigenvalue weighted by Gasteiger charge is 2.28. The number of aryl methyl sites for hydroxylation is 2. The minimum atomic E-state index is 0.0302. The van der Waals surface area contributed by atoms with Gasteiger partial charge in [-0.1, -0.05) is 0 Å². The van der Waals surface area contributed by atoms with Crippen molar-refractivity contribution in [1.29, 1.82) is 0 Å². The molecule has 0 atom stereocenters. The van der Waals surface area contributed by atoms with Crippen LogP contribution in [0.4, 0.5) is 5.69 Å². The average molecular weight is 308 g/mol. The molecule has 7 heteroatoms. The smallest absolute Gasteiger partial charge is 0.266 e. The maximum absolute atomic E-state index is 12.7. The van der Waals surface area contributed by atoms with Crippen LogP contribution >= 0.6 is 11.3 Å². The van der Waals surface area contributed by atoms with Crippen LogP contribution in [-0.4, -0.2) is 46.9 Å². The highest BCUT2D eigenvalue weighted by atomic mass is 32.1. The van der Waals surface area contributed by atoms with Gasteiger partial charge >= 0.3 is 0 Å². The lowest BCUT2D eigenvalue weighted by Gasteiger charge is -2.31. The zero-order valence-electron chi connectivity index (χ0n) is 12.5. The van der Waals surface area contributed by atoms with Crippen molar-refractivity contribution < 1.29 is 9.53 Å². The second-order valence-corrected chi connectivity index (χ2v) is 6.46. The molecule has 1 aliphatic heterocycles. The third kappa shape index (κ3) is 2.30. The first kappa shape index (κ1) is 14.3. The Labute approximate surface area is 127 Å². The summed E-state index contributed by atoms with van der Waals surface area (Å²) in [6.45, 7) is 3.37. The van der Waals surface area contributed by atoms with Crippen molar-refractivity contribution >= 4 is 33.1 Å². The van der Waals surface area contributed by atoms with Crippen LogP contribution < -0.4 is 5.73 Å². The predicted octanol–water partition coefficient (Wildman–Crippen LogP) is 1.78. The molecule has 1 aliphatic rings. The minimum Gasteiger partial charge on any atom is -0.397 e. The monoisotopic (exact) mass is 308 g/mol. The fourth-order valence-electron chi connectivity index (χ4n) is 2.93. The number of thiophene rings is 1. The average Bonchev–Trinajstić information content (AvgIpc) is 2.97. The molecule has 2 aromatic heterocycles. The van der Waals surface area contributed by atoms with E-state index < -0.39 is 0 Å². The maximum atomic E-state index is 12.7. The third-order valence-electron chi connectivity index (χ3n) is 4.14. The number of nitrogens with two attached hydrogens (primary N) is 1. The van der Waals surface area contributed by atoms with Crippen LogP contribution in [-0.2, 0) is 11.8 Å². The van der Waals surface area contributed by atoms with Crippen LogP contribution in [0.25, 0.3) is 10.2 Å². The second kappa shape index (κ2) is 5.31. The van der Waals surface area contributed by atoms with Gasteiger partial charge in [-0.2, -0.15) is 5.10 Å². The van der Waals surface area contributed by atoms with Crippen LogP contribution in [0, 0.1) is 6.92 Å². The lowest BCUT2D eigenvalue weighted by Crippen LogP contribution is -2.40. The number of anilines is 1. The van der Waals surface area contributed by atoms with Gasteiger partial charge in [0.25, 0.3) is 5.91 Å². The van der Waals surface area contributed by atoms with Gasteiger partial charge in [0, 0.05) is 27.2 Å². The molecule has 2 aromatic rings. The number of hydrogen-bond acceptors (Lipinski definition) is 5. The summed E-state index contributed by atoms with van der Waals surface area (Å²) in [5, 5.41) is 5.27. The van der Waals surface area contributed by atoms with Gasteiger partial charge in [-0.15, -0.1) is 11.3 Å². The number of carbonyl (C=O) groups excluding carboxylic acids is 1. The first-order valence-corrected chi connectivity index (χ1v) is 7.88. The summed E-state index contributed by atoms with van der Waals surface area (Å²) in [7, 11) is 3.60. The molecule has 1 amide bonds. The first-order valence-electron chi connectivity index (χ1n) is 7.06. The lowest BCUT2D eigenvalue weighted by atomic mass is 10.1. The van der Waals surface area contributed by atoms with E-state index in [2.05, 4.69) is 5.10 Å². The fourth-order valence-corrected chi connectivity index (χ4v) is 4.08. The zero-order valence-corrected chi connectivity index (χ0v) is 13.4. The predicted molar refractivity (Wildman–Crippen MR) is 83.7 cm³/mol. The number of piperidine rings is 1. The molecule has 2 N–H and O–H groups in total. The molecule has 1 fully saturated rings. The van der Waals surface area contributed by atoms with Crippen molar-refractivity contribution in [2.24, 2.45) is 7.05 Å². The summed E-state index contributed by atoms with van der Waals surface area (Å²) >= 11 is 1.43. The third-order valence-corrected chi connectivity index (χ3v) is 5.40. The van der Waals surface area contributed by atoms with Crippen LogP contribution in [0.15, 0.2) is 0 Å². The van der Waals surface area contributed by atoms with Gasteiger partial charge < -0.3 is 15.4 Å². The summed E-state index contributed by atoms with van der Waals surface area (Å²) in [5.41, 5.74) is 7.64. The molecule has 0 aliphatic carbocycles. The Morgan fingerprint density at radius 3 is 2.67 bits per heavy atom. The number of ether oxygens (including phenoxy) is 1. The maximum Gasteiger partial charge on any atom is 0.266 e. The number of fused-ring (bicyclic) bond motifs is 1. The zero-order chi connectivity index (χ0) is 15.1. The van der Waals surface area contributed by atoms with E-state index >= 15 is 0 Å². The topological polar surface area (TPSA) is 73.4 Å². The fraction of sp³-hybridized carbons (Fsp3) is 0.571. The van der Waals surface area contributed by atoms with Gasteiger partial charge in [0.2, 0.25) is 0 Å². The quantitative estimate of drug-likeness (QED) is 0.917. The number of aromatic nitrogens is 2. The molecular weight excluding hydrogens is 288 g/mol. The van der Waals surface area contributed by atoms with E-state index in [1.807, 2.05) is 18.9 Å². The molecule has 0 bridgehead atoms. The number of methoxy groups -OCH3 is 1. The Hall–Kier alpha value is -1.60. The molecule has 0 saturated carbocycles. The number of nitrogens with zero attached hydrogens (tertiary/aromatic N) is 3. The van der Waals surface area contributed by atoms with Gasteiger partial charge in [0.1, 0.15) is 9.71 Å². The Morgan fingerprint density at radius 1 is 1.43 bits per heavy atom. The van der Waals surface area contributed by atoms with E-state index in [0.29, 0.717) is 10.6 Å². The molecule has 0 spiro atoms. The summed E-state index contributed by atoms with van der Waals surface area (Å²) < 4.78 is 7.14. The molecule has 3 rings (SSSR count). The van der Waals surface area contributed by atoms with E-state index in [-0.39, 0.29) is 12.0 Å². The molecular formula is C14H20N4O2S. The summed E-state index contributed by atoms with van der Waals surface area (Å²) in [6.07, 6.45) is 2.03. The molecule has 1 saturated heterocycles. The highest BCUT2D eigenvalue weighted by molar-refractivity contribution is 7.21. The van der Waals surface area contributed by atoms with Gasteiger partial charge in [-0.25, -0.2) is 0 Å². The number of amides is 1. The van der Waals surface area contributed by atoms with Gasteiger partial charge in [0.15, 0.2) is 0 Å². The Bertz CT molecular complexity index is 683. The number of rotatable bonds is 2. The van der Waals surface area contributed by atoms with Crippen LogP contribution in [0.3, 0.4) is 0 Å². The molecule has 0 unspecified atom stereocenters. The van der Waals surface area contributed by atoms with Crippen molar-refractivity contribution in [2.75, 3.05) is 25.9 Å². The molecule has 0 aromatic carbocycles. The van der Waals surface area contributed by atoms with E-state index in [1.165, 1.54) is 11.3 Å². The lowest BCUT2D eigenvalue weighted by molar-refractivity contribution is 0.0354. The van der Waals surface area contributed by atoms with Crippen LogP contribution in [0.1, 0.15) is 28.2 Å². The molecule has 114 valence electrons. The van der Waals surface area contributed by atoms with Crippen LogP contribution in [0.5, 0.6) is 0 Å². The van der Waals surface area contributed by atoms with E-state index in [0.717, 1.165) is 41.8 Å². The van der Waals surface area contributed by atoms with E-state index in [9.17, 15) is 4.79 Å². The SMILES string of the molecule is COC1CCN(C(=O)c2sc3c(c(C)nn3C)c2N)CC1. The number of likely N-dealkylation sites (tertiary alicyclic amines) is 1. The Morgan fingerprint density at radius 2 is 2.10 bits per heavy atom. The van der Waals surface area contributed by atoms with Gasteiger partial charge in [-0.3, -0.25) is 9.48 Å². The summed E-state index contributed by atoms with van der Waals surface area (Å²) in [5.74, 6) is 0.0302. The van der Waals surface area contributed by atoms with Crippen molar-refractivity contribution in [2.45, 2.75) is 25.9 Å². The molecule has 6 nitrogen and oxygen atoms in total. The summed E-state index contributed by atoms with van der Waals surface area (Å²) in [6, 6.07) is 0. The molecule has 3 heterocycles. The standard InChI is InChI=1S/C14H20N4O2S/c1-8-10-11(15)12(21-14(10)17(2)16-8)13(19)18-6-4-9(20-3)5-7-18/h9H,4-7,15H2,1-3H3.